The van der Waals surface area contributed by atoms with E-state index in [-0.39, 0.29) is 18.6 Å². The molecule has 5 heteroatoms. The van der Waals surface area contributed by atoms with Gasteiger partial charge in [-0.1, -0.05) is 0 Å². The van der Waals surface area contributed by atoms with Gasteiger partial charge in [0.15, 0.2) is 0 Å². The number of aliphatic hydroxyl groups excluding tert-OH is 1. The first-order valence-electron chi connectivity index (χ1n) is 3.49. The zero-order valence-corrected chi connectivity index (χ0v) is 6.10. The van der Waals surface area contributed by atoms with E-state index < -0.39 is 6.09 Å². The third kappa shape index (κ3) is 1.61. The number of hydrogen-bond donors (Lipinski definition) is 3. The molecule has 11 heavy (non-hydrogen) atoms. The van der Waals surface area contributed by atoms with Crippen LogP contribution in [0.1, 0.15) is 0 Å². The number of carbonyl (C=O) groups is 1. The van der Waals surface area contributed by atoms with Gasteiger partial charge in [-0.25, -0.2) is 4.79 Å². The van der Waals surface area contributed by atoms with Crippen LogP contribution in [0.4, 0.5) is 4.79 Å². The van der Waals surface area contributed by atoms with Crippen molar-refractivity contribution in [1.82, 2.24) is 4.90 Å². The van der Waals surface area contributed by atoms with Crippen LogP contribution in [0.15, 0.2) is 0 Å². The second-order valence-electron chi connectivity index (χ2n) is 2.79. The van der Waals surface area contributed by atoms with Crippen LogP contribution in [0, 0.1) is 5.92 Å². The first kappa shape index (κ1) is 8.29. The Morgan fingerprint density at radius 1 is 1.64 bits per heavy atom. The number of amides is 1. The number of nitrogens with zero attached hydrogens (tertiary/aromatic N) is 1. The van der Waals surface area contributed by atoms with Crippen LogP contribution in [-0.2, 0) is 0 Å². The molecule has 0 aromatic rings. The number of nitrogens with two attached hydrogens (primary N) is 1. The van der Waals surface area contributed by atoms with Gasteiger partial charge in [-0.3, -0.25) is 0 Å². The molecular formula is C6H12N2O3. The summed E-state index contributed by atoms with van der Waals surface area (Å²) in [6.07, 6.45) is -0.962. The highest BCUT2D eigenvalue weighted by Crippen LogP contribution is 2.14. The topological polar surface area (TPSA) is 86.8 Å². The Kier molecular flexibility index (Phi) is 2.31. The van der Waals surface area contributed by atoms with Crippen molar-refractivity contribution in [2.75, 3.05) is 19.7 Å². The monoisotopic (exact) mass is 160 g/mol. The van der Waals surface area contributed by atoms with Crippen molar-refractivity contribution in [1.29, 1.82) is 0 Å². The molecule has 1 heterocycles. The van der Waals surface area contributed by atoms with E-state index in [1.54, 1.807) is 0 Å². The highest BCUT2D eigenvalue weighted by atomic mass is 16.4. The molecule has 4 N–H and O–H groups in total. The van der Waals surface area contributed by atoms with E-state index in [0.29, 0.717) is 13.1 Å². The van der Waals surface area contributed by atoms with Crippen LogP contribution in [-0.4, -0.2) is 46.9 Å². The van der Waals surface area contributed by atoms with Crippen LogP contribution in [0.25, 0.3) is 0 Å². The van der Waals surface area contributed by atoms with Gasteiger partial charge < -0.3 is 20.8 Å². The number of aliphatic hydroxyl groups is 1. The number of likely N-dealkylation sites (tertiary alicyclic amines) is 1. The lowest BCUT2D eigenvalue weighted by Gasteiger charge is -2.09. The quantitative estimate of drug-likeness (QED) is 0.455. The SMILES string of the molecule is N[C@@H]1CN(C(=O)O)C[C@@H]1CO. The summed E-state index contributed by atoms with van der Waals surface area (Å²) < 4.78 is 0. The molecule has 1 rings (SSSR count). The molecule has 2 atom stereocenters. The molecule has 0 bridgehead atoms. The number of hydrogen-bond acceptors (Lipinski definition) is 3. The second kappa shape index (κ2) is 3.06. The molecule has 0 aromatic heterocycles. The van der Waals surface area contributed by atoms with Gasteiger partial charge in [0, 0.05) is 31.7 Å². The molecule has 64 valence electrons. The molecule has 0 radical (unpaired) electrons. The average molecular weight is 160 g/mol. The summed E-state index contributed by atoms with van der Waals surface area (Å²) in [7, 11) is 0. The fourth-order valence-electron chi connectivity index (χ4n) is 1.25. The molecular weight excluding hydrogens is 148 g/mol. The molecule has 0 aliphatic carbocycles. The Labute approximate surface area is 64.4 Å². The molecule has 0 spiro atoms. The van der Waals surface area contributed by atoms with Crippen molar-refractivity contribution in [2.45, 2.75) is 6.04 Å². The lowest BCUT2D eigenvalue weighted by atomic mass is 10.1. The average Bonchev–Trinajstić information content (AvgIpc) is 2.31. The standard InChI is InChI=1S/C6H12N2O3/c7-5-2-8(6(10)11)1-4(5)3-9/h4-5,9H,1-3,7H2,(H,10,11)/t4-,5-/m1/s1. The van der Waals surface area contributed by atoms with Gasteiger partial charge in [0.25, 0.3) is 0 Å². The highest BCUT2D eigenvalue weighted by Gasteiger charge is 2.31. The fourth-order valence-corrected chi connectivity index (χ4v) is 1.25. The zero-order chi connectivity index (χ0) is 8.43. The minimum atomic E-state index is -0.962. The number of carboxylic acid groups (broad SMARTS) is 1. The second-order valence-corrected chi connectivity index (χ2v) is 2.79. The van der Waals surface area contributed by atoms with E-state index in [1.165, 1.54) is 4.90 Å². The van der Waals surface area contributed by atoms with E-state index >= 15 is 0 Å². The maximum Gasteiger partial charge on any atom is 0.407 e. The van der Waals surface area contributed by atoms with Crippen molar-refractivity contribution in [3.8, 4) is 0 Å². The number of rotatable bonds is 1. The van der Waals surface area contributed by atoms with E-state index in [1.807, 2.05) is 0 Å². The Hall–Kier alpha value is -0.810. The smallest absolute Gasteiger partial charge is 0.407 e. The normalized spacial score (nSPS) is 30.9. The summed E-state index contributed by atoms with van der Waals surface area (Å²) in [6.45, 7) is 0.651. The Bertz CT molecular complexity index is 162. The molecule has 0 saturated carbocycles. The predicted octanol–water partition coefficient (Wildman–Crippen LogP) is -1.08. The van der Waals surface area contributed by atoms with Crippen LogP contribution >= 0.6 is 0 Å². The largest absolute Gasteiger partial charge is 0.465 e. The van der Waals surface area contributed by atoms with Crippen molar-refractivity contribution in [3.63, 3.8) is 0 Å². The van der Waals surface area contributed by atoms with Gasteiger partial charge in [0.05, 0.1) is 0 Å². The maximum atomic E-state index is 10.4. The molecule has 1 saturated heterocycles. The molecule has 5 nitrogen and oxygen atoms in total. The van der Waals surface area contributed by atoms with E-state index in [0.717, 1.165) is 0 Å². The summed E-state index contributed by atoms with van der Waals surface area (Å²) in [5, 5.41) is 17.3. The van der Waals surface area contributed by atoms with Gasteiger partial charge >= 0.3 is 6.09 Å². The van der Waals surface area contributed by atoms with Crippen molar-refractivity contribution in [3.05, 3.63) is 0 Å². The molecule has 1 amide bonds. The van der Waals surface area contributed by atoms with Crippen LogP contribution in [0.2, 0.25) is 0 Å². The van der Waals surface area contributed by atoms with Crippen molar-refractivity contribution < 1.29 is 15.0 Å². The van der Waals surface area contributed by atoms with Gasteiger partial charge in [-0.15, -0.1) is 0 Å². The molecule has 1 aliphatic heterocycles. The highest BCUT2D eigenvalue weighted by molar-refractivity contribution is 5.65. The van der Waals surface area contributed by atoms with Crippen LogP contribution in [0.3, 0.4) is 0 Å². The summed E-state index contributed by atoms with van der Waals surface area (Å²) in [6, 6.07) is -0.212. The summed E-state index contributed by atoms with van der Waals surface area (Å²) >= 11 is 0. The fraction of sp³-hybridized carbons (Fsp3) is 0.833. The first-order chi connectivity index (χ1) is 5.15. The maximum absolute atomic E-state index is 10.4. The third-order valence-corrected chi connectivity index (χ3v) is 2.00. The van der Waals surface area contributed by atoms with Gasteiger partial charge in [-0.05, 0) is 0 Å². The van der Waals surface area contributed by atoms with Gasteiger partial charge in [0.2, 0.25) is 0 Å². The Morgan fingerprint density at radius 2 is 2.27 bits per heavy atom. The van der Waals surface area contributed by atoms with E-state index in [9.17, 15) is 4.79 Å². The van der Waals surface area contributed by atoms with Crippen LogP contribution in [0.5, 0.6) is 0 Å². The zero-order valence-electron chi connectivity index (χ0n) is 6.10. The van der Waals surface area contributed by atoms with Crippen LogP contribution < -0.4 is 5.73 Å². The Balaban J connectivity index is 2.49. The predicted molar refractivity (Wildman–Crippen MR) is 38.1 cm³/mol. The van der Waals surface area contributed by atoms with Gasteiger partial charge in [-0.2, -0.15) is 0 Å². The lowest BCUT2D eigenvalue weighted by Crippen LogP contribution is -2.32. The molecule has 1 aliphatic rings. The summed E-state index contributed by atoms with van der Waals surface area (Å²) in [5.41, 5.74) is 5.55. The van der Waals surface area contributed by atoms with Gasteiger partial charge in [0.1, 0.15) is 0 Å². The summed E-state index contributed by atoms with van der Waals surface area (Å²) in [4.78, 5) is 11.6. The third-order valence-electron chi connectivity index (χ3n) is 2.00. The lowest BCUT2D eigenvalue weighted by molar-refractivity contribution is 0.150. The van der Waals surface area contributed by atoms with Crippen molar-refractivity contribution in [2.24, 2.45) is 11.7 Å². The van der Waals surface area contributed by atoms with E-state index in [2.05, 4.69) is 0 Å². The molecule has 1 fully saturated rings. The van der Waals surface area contributed by atoms with Crippen molar-refractivity contribution >= 4 is 6.09 Å². The van der Waals surface area contributed by atoms with E-state index in [4.69, 9.17) is 15.9 Å². The minimum absolute atomic E-state index is 0.0368. The molecule has 0 unspecified atom stereocenters. The molecule has 0 aromatic carbocycles. The Morgan fingerprint density at radius 3 is 2.55 bits per heavy atom. The minimum Gasteiger partial charge on any atom is -0.465 e. The summed E-state index contributed by atoms with van der Waals surface area (Å²) in [5.74, 6) is -0.0916. The first-order valence-corrected chi connectivity index (χ1v) is 3.49.